The van der Waals surface area contributed by atoms with E-state index in [0.29, 0.717) is 5.69 Å². The predicted molar refractivity (Wildman–Crippen MR) is 95.4 cm³/mol. The van der Waals surface area contributed by atoms with Crippen LogP contribution in [-0.2, 0) is 0 Å². The smallest absolute Gasteiger partial charge is 0.387 e. The van der Waals surface area contributed by atoms with Gasteiger partial charge in [0.1, 0.15) is 5.82 Å². The van der Waals surface area contributed by atoms with Crippen LogP contribution in [0.2, 0.25) is 0 Å². The molecule has 27 heavy (non-hydrogen) atoms. The number of halogens is 3. The van der Waals surface area contributed by atoms with Gasteiger partial charge in [-0.15, -0.1) is 0 Å². The molecule has 0 radical (unpaired) electrons. The van der Waals surface area contributed by atoms with Gasteiger partial charge in [-0.2, -0.15) is 8.78 Å². The highest BCUT2D eigenvalue weighted by Crippen LogP contribution is 2.30. The summed E-state index contributed by atoms with van der Waals surface area (Å²) in [6, 6.07) is 8.23. The Bertz CT molecular complexity index is 824. The van der Waals surface area contributed by atoms with E-state index in [-0.39, 0.29) is 22.7 Å². The molecule has 1 heterocycles. The second-order valence-electron chi connectivity index (χ2n) is 6.09. The number of carbonyl (C=O) groups is 1. The summed E-state index contributed by atoms with van der Waals surface area (Å²) in [4.78, 5) is 14.5. The summed E-state index contributed by atoms with van der Waals surface area (Å²) >= 11 is 0. The molecule has 2 aromatic carbocycles. The normalized spacial score (nSPS) is 13.7. The largest absolute Gasteiger partial charge is 0.493 e. The monoisotopic (exact) mass is 380 g/mol. The van der Waals surface area contributed by atoms with Crippen molar-refractivity contribution in [3.05, 3.63) is 47.8 Å². The molecule has 5 nitrogen and oxygen atoms in total. The summed E-state index contributed by atoms with van der Waals surface area (Å²) in [6.07, 6.45) is 2.08. The molecule has 2 aromatic rings. The highest BCUT2D eigenvalue weighted by molar-refractivity contribution is 6.04. The molecule has 8 heteroatoms. The van der Waals surface area contributed by atoms with Crippen molar-refractivity contribution in [2.75, 3.05) is 30.4 Å². The van der Waals surface area contributed by atoms with Crippen LogP contribution in [0.3, 0.4) is 0 Å². The first-order chi connectivity index (χ1) is 13.0. The average molecular weight is 380 g/mol. The number of nitrogens with one attached hydrogen (secondary N) is 1. The number of carbonyl (C=O) groups excluding carboxylic acids is 1. The number of ether oxygens (including phenoxy) is 2. The number of hydrogen-bond donors (Lipinski definition) is 1. The maximum atomic E-state index is 13.9. The molecule has 0 bridgehead atoms. The Morgan fingerprint density at radius 3 is 2.52 bits per heavy atom. The molecule has 0 unspecified atom stereocenters. The topological polar surface area (TPSA) is 50.8 Å². The van der Waals surface area contributed by atoms with Crippen LogP contribution in [0, 0.1) is 5.82 Å². The van der Waals surface area contributed by atoms with Crippen molar-refractivity contribution in [2.24, 2.45) is 0 Å². The Kier molecular flexibility index (Phi) is 5.73. The first-order valence-corrected chi connectivity index (χ1v) is 8.46. The number of alkyl halides is 2. The van der Waals surface area contributed by atoms with Crippen molar-refractivity contribution in [1.82, 2.24) is 0 Å². The Hall–Kier alpha value is -2.90. The Morgan fingerprint density at radius 1 is 1.11 bits per heavy atom. The molecular formula is C19H19F3N2O3. The fraction of sp³-hybridized carbons (Fsp3) is 0.316. The average Bonchev–Trinajstić information content (AvgIpc) is 3.15. The molecule has 0 atom stereocenters. The molecule has 1 aliphatic rings. The molecule has 0 spiro atoms. The number of hydrogen-bond acceptors (Lipinski definition) is 4. The van der Waals surface area contributed by atoms with Crippen LogP contribution in [0.15, 0.2) is 36.4 Å². The van der Waals surface area contributed by atoms with Crippen molar-refractivity contribution in [1.29, 1.82) is 0 Å². The van der Waals surface area contributed by atoms with Crippen molar-refractivity contribution < 1.29 is 27.4 Å². The fourth-order valence-electron chi connectivity index (χ4n) is 3.01. The zero-order chi connectivity index (χ0) is 19.4. The third kappa shape index (κ3) is 4.64. The van der Waals surface area contributed by atoms with Crippen LogP contribution < -0.4 is 19.7 Å². The summed E-state index contributed by atoms with van der Waals surface area (Å²) < 4.78 is 48.3. The van der Waals surface area contributed by atoms with E-state index in [4.69, 9.17) is 4.74 Å². The zero-order valence-electron chi connectivity index (χ0n) is 14.7. The lowest BCUT2D eigenvalue weighted by Gasteiger charge is -2.19. The molecule has 3 rings (SSSR count). The first-order valence-electron chi connectivity index (χ1n) is 8.46. The van der Waals surface area contributed by atoms with Gasteiger partial charge in [-0.05, 0) is 49.2 Å². The summed E-state index contributed by atoms with van der Waals surface area (Å²) in [5.41, 5.74) is 1.06. The zero-order valence-corrected chi connectivity index (χ0v) is 14.7. The second kappa shape index (κ2) is 8.20. The Balaban J connectivity index is 1.80. The number of methoxy groups -OCH3 is 1. The molecule has 0 saturated carbocycles. The molecule has 1 amide bonds. The highest BCUT2D eigenvalue weighted by atomic mass is 19.3. The van der Waals surface area contributed by atoms with E-state index >= 15 is 0 Å². The molecular weight excluding hydrogens is 361 g/mol. The van der Waals surface area contributed by atoms with Gasteiger partial charge in [0.25, 0.3) is 5.91 Å². The molecule has 144 valence electrons. The Morgan fingerprint density at radius 2 is 1.85 bits per heavy atom. The lowest BCUT2D eigenvalue weighted by molar-refractivity contribution is -0.0512. The van der Waals surface area contributed by atoms with Crippen LogP contribution >= 0.6 is 0 Å². The van der Waals surface area contributed by atoms with Crippen LogP contribution in [-0.4, -0.2) is 32.7 Å². The summed E-state index contributed by atoms with van der Waals surface area (Å²) in [5, 5.41) is 2.59. The minimum Gasteiger partial charge on any atom is -0.493 e. The number of nitrogens with zero attached hydrogens (tertiary/aromatic N) is 1. The molecule has 1 N–H and O–H groups in total. The summed E-state index contributed by atoms with van der Waals surface area (Å²) in [5.74, 6) is -1.22. The van der Waals surface area contributed by atoms with Gasteiger partial charge in [-0.1, -0.05) is 0 Å². The maximum Gasteiger partial charge on any atom is 0.387 e. The molecule has 1 fully saturated rings. The second-order valence-corrected chi connectivity index (χ2v) is 6.09. The highest BCUT2D eigenvalue weighted by Gasteiger charge is 2.17. The summed E-state index contributed by atoms with van der Waals surface area (Å²) in [7, 11) is 1.31. The number of rotatable bonds is 6. The van der Waals surface area contributed by atoms with E-state index < -0.39 is 18.3 Å². The molecule has 1 aliphatic heterocycles. The molecule has 0 aromatic heterocycles. The van der Waals surface area contributed by atoms with Crippen LogP contribution in [0.25, 0.3) is 0 Å². The van der Waals surface area contributed by atoms with E-state index in [2.05, 4.69) is 10.1 Å². The first kappa shape index (κ1) is 18.9. The van der Waals surface area contributed by atoms with E-state index in [0.717, 1.165) is 32.0 Å². The lowest BCUT2D eigenvalue weighted by Crippen LogP contribution is -2.18. The van der Waals surface area contributed by atoms with E-state index in [1.54, 1.807) is 6.07 Å². The van der Waals surface area contributed by atoms with Crippen molar-refractivity contribution in [3.63, 3.8) is 0 Å². The van der Waals surface area contributed by atoms with Crippen LogP contribution in [0.5, 0.6) is 11.5 Å². The van der Waals surface area contributed by atoms with E-state index in [1.165, 1.54) is 31.4 Å². The minimum absolute atomic E-state index is 0.0777. The van der Waals surface area contributed by atoms with Crippen LogP contribution in [0.1, 0.15) is 23.2 Å². The van der Waals surface area contributed by atoms with Crippen molar-refractivity contribution in [3.8, 4) is 11.5 Å². The maximum absolute atomic E-state index is 13.9. The predicted octanol–water partition coefficient (Wildman–Crippen LogP) is 4.29. The molecule has 1 saturated heterocycles. The van der Waals surface area contributed by atoms with Gasteiger partial charge in [0.15, 0.2) is 11.5 Å². The third-order valence-electron chi connectivity index (χ3n) is 4.25. The number of anilines is 2. The molecule has 0 aliphatic carbocycles. The van der Waals surface area contributed by atoms with Gasteiger partial charge in [0.2, 0.25) is 0 Å². The van der Waals surface area contributed by atoms with Gasteiger partial charge < -0.3 is 19.7 Å². The Labute approximate surface area is 154 Å². The minimum atomic E-state index is -3.05. The van der Waals surface area contributed by atoms with Crippen molar-refractivity contribution in [2.45, 2.75) is 19.5 Å². The van der Waals surface area contributed by atoms with Gasteiger partial charge >= 0.3 is 6.61 Å². The van der Waals surface area contributed by atoms with E-state index in [1.807, 2.05) is 4.90 Å². The van der Waals surface area contributed by atoms with Gasteiger partial charge in [-0.25, -0.2) is 4.39 Å². The summed E-state index contributed by atoms with van der Waals surface area (Å²) in [6.45, 7) is -1.38. The van der Waals surface area contributed by atoms with Crippen LogP contribution in [0.4, 0.5) is 24.5 Å². The quantitative estimate of drug-likeness (QED) is 0.812. The van der Waals surface area contributed by atoms with E-state index in [9.17, 15) is 18.0 Å². The third-order valence-corrected chi connectivity index (χ3v) is 4.25. The number of benzene rings is 2. The SMILES string of the molecule is COc1ccc(C(=O)Nc2cc(F)cc(N3CCCC3)c2)cc1OC(F)F. The number of amides is 1. The van der Waals surface area contributed by atoms with Gasteiger partial charge in [0, 0.05) is 30.0 Å². The van der Waals surface area contributed by atoms with Gasteiger partial charge in [-0.3, -0.25) is 4.79 Å². The lowest BCUT2D eigenvalue weighted by atomic mass is 10.1. The van der Waals surface area contributed by atoms with Crippen molar-refractivity contribution >= 4 is 17.3 Å². The standard InChI is InChI=1S/C19H19F3N2O3/c1-26-16-5-4-12(8-17(16)27-19(21)22)18(25)23-14-9-13(20)10-15(11-14)24-6-2-3-7-24/h4-5,8-11,19H,2-3,6-7H2,1H3,(H,23,25). The fourth-order valence-corrected chi connectivity index (χ4v) is 3.01. The van der Waals surface area contributed by atoms with Gasteiger partial charge in [0.05, 0.1) is 7.11 Å².